The van der Waals surface area contributed by atoms with Crippen LogP contribution < -0.4 is 0 Å². The Bertz CT molecular complexity index is 454. The van der Waals surface area contributed by atoms with Crippen molar-refractivity contribution in [3.63, 3.8) is 0 Å². The summed E-state index contributed by atoms with van der Waals surface area (Å²) in [7, 11) is 3.76. The molecule has 0 N–H and O–H groups in total. The lowest BCUT2D eigenvalue weighted by atomic mass is 10.1. The highest BCUT2D eigenvalue weighted by Crippen LogP contribution is 2.21. The van der Waals surface area contributed by atoms with Crippen LogP contribution in [-0.2, 0) is 10.0 Å². The highest BCUT2D eigenvalue weighted by molar-refractivity contribution is 8.08. The van der Waals surface area contributed by atoms with E-state index in [1.54, 1.807) is 24.3 Å². The minimum atomic E-state index is -1.53. The molecule has 1 unspecified atom stereocenters. The van der Waals surface area contributed by atoms with E-state index in [0.717, 1.165) is 4.90 Å². The van der Waals surface area contributed by atoms with Gasteiger partial charge >= 0.3 is 0 Å². The Morgan fingerprint density at radius 1 is 1.12 bits per heavy atom. The van der Waals surface area contributed by atoms with E-state index in [1.807, 2.05) is 0 Å². The predicted octanol–water partition coefficient (Wildman–Crippen LogP) is 1.19. The van der Waals surface area contributed by atoms with E-state index in [2.05, 4.69) is 0 Å². The Hall–Kier alpha value is -1.20. The van der Waals surface area contributed by atoms with Gasteiger partial charge in [0, 0.05) is 6.54 Å². The third-order valence-corrected chi connectivity index (χ3v) is 3.32. The molecule has 0 aliphatic carbocycles. The van der Waals surface area contributed by atoms with Crippen molar-refractivity contribution in [2.75, 3.05) is 12.3 Å². The van der Waals surface area contributed by atoms with Crippen LogP contribution in [-0.4, -0.2) is 33.2 Å². The summed E-state index contributed by atoms with van der Waals surface area (Å²) >= 11 is 0. The molecular weight excluding hydrogens is 250 g/mol. The second kappa shape index (κ2) is 4.35. The number of rotatable bonds is 3. The van der Waals surface area contributed by atoms with Gasteiger partial charge in [0.1, 0.15) is 10.0 Å². The summed E-state index contributed by atoms with van der Waals surface area (Å²) in [6, 6.07) is 6.61. The molecule has 16 heavy (non-hydrogen) atoms. The van der Waals surface area contributed by atoms with E-state index in [0.29, 0.717) is 11.1 Å². The highest BCUT2D eigenvalue weighted by atomic mass is 35.7. The minimum absolute atomic E-state index is 0.0858. The first kappa shape index (κ1) is 11.3. The standard InChI is InChI=1S/C10H8ClNO3S/c11-16(15)6-5-12-9(13)7-3-1-2-4-8(7)10(12)14/h1-4H,5-6H2. The zero-order chi connectivity index (χ0) is 11.7. The van der Waals surface area contributed by atoms with Crippen LogP contribution in [0.2, 0.25) is 0 Å². The fourth-order valence-corrected chi connectivity index (χ4v) is 2.14. The molecule has 1 aromatic carbocycles. The highest BCUT2D eigenvalue weighted by Gasteiger charge is 2.34. The predicted molar refractivity (Wildman–Crippen MR) is 60.7 cm³/mol. The number of halogens is 1. The molecule has 0 saturated carbocycles. The maximum absolute atomic E-state index is 11.8. The summed E-state index contributed by atoms with van der Waals surface area (Å²) in [6.07, 6.45) is 0. The van der Waals surface area contributed by atoms with Gasteiger partial charge in [-0.05, 0) is 22.8 Å². The van der Waals surface area contributed by atoms with E-state index in [4.69, 9.17) is 10.7 Å². The van der Waals surface area contributed by atoms with Crippen LogP contribution in [0.5, 0.6) is 0 Å². The molecule has 1 aromatic rings. The molecule has 0 aromatic heterocycles. The maximum atomic E-state index is 11.8. The lowest BCUT2D eigenvalue weighted by Crippen LogP contribution is -2.32. The van der Waals surface area contributed by atoms with E-state index in [-0.39, 0.29) is 24.1 Å². The fraction of sp³-hybridized carbons (Fsp3) is 0.200. The monoisotopic (exact) mass is 257 g/mol. The quantitative estimate of drug-likeness (QED) is 0.604. The van der Waals surface area contributed by atoms with Crippen LogP contribution in [0.4, 0.5) is 0 Å². The van der Waals surface area contributed by atoms with Crippen LogP contribution >= 0.6 is 10.7 Å². The van der Waals surface area contributed by atoms with Crippen molar-refractivity contribution in [2.45, 2.75) is 0 Å². The number of nitrogens with zero attached hydrogens (tertiary/aromatic N) is 1. The van der Waals surface area contributed by atoms with Gasteiger partial charge < -0.3 is 0 Å². The fourth-order valence-electron chi connectivity index (χ4n) is 1.61. The molecule has 0 spiro atoms. The Labute approximate surface area is 99.1 Å². The summed E-state index contributed by atoms with van der Waals surface area (Å²) in [5.41, 5.74) is 0.792. The first-order valence-corrected chi connectivity index (χ1v) is 6.75. The van der Waals surface area contributed by atoms with Crippen molar-refractivity contribution in [1.29, 1.82) is 0 Å². The lowest BCUT2D eigenvalue weighted by Gasteiger charge is -2.11. The Kier molecular flexibility index (Phi) is 3.07. The molecule has 84 valence electrons. The number of hydrogen-bond donors (Lipinski definition) is 0. The van der Waals surface area contributed by atoms with Gasteiger partial charge in [0.15, 0.2) is 0 Å². The summed E-state index contributed by atoms with van der Waals surface area (Å²) in [4.78, 5) is 24.6. The summed E-state index contributed by atoms with van der Waals surface area (Å²) in [5.74, 6) is -0.599. The normalized spacial score (nSPS) is 16.4. The van der Waals surface area contributed by atoms with Crippen LogP contribution in [0.25, 0.3) is 0 Å². The second-order valence-electron chi connectivity index (χ2n) is 3.30. The molecule has 6 heteroatoms. The number of imide groups is 1. The van der Waals surface area contributed by atoms with Crippen molar-refractivity contribution < 1.29 is 13.8 Å². The van der Waals surface area contributed by atoms with E-state index < -0.39 is 10.0 Å². The van der Waals surface area contributed by atoms with Gasteiger partial charge in [-0.2, -0.15) is 0 Å². The third-order valence-electron chi connectivity index (χ3n) is 2.35. The molecule has 0 saturated heterocycles. The largest absolute Gasteiger partial charge is 0.273 e. The summed E-state index contributed by atoms with van der Waals surface area (Å²) in [6.45, 7) is 0.0858. The molecule has 1 aliphatic rings. The Morgan fingerprint density at radius 2 is 1.62 bits per heavy atom. The van der Waals surface area contributed by atoms with E-state index in [9.17, 15) is 13.8 Å². The van der Waals surface area contributed by atoms with Crippen LogP contribution in [0.3, 0.4) is 0 Å². The average Bonchev–Trinajstić information content (AvgIpc) is 2.50. The third kappa shape index (κ3) is 1.88. The van der Waals surface area contributed by atoms with Crippen LogP contribution in [0, 0.1) is 0 Å². The van der Waals surface area contributed by atoms with E-state index in [1.165, 1.54) is 0 Å². The van der Waals surface area contributed by atoms with E-state index >= 15 is 0 Å². The number of fused-ring (bicyclic) bond motifs is 1. The van der Waals surface area contributed by atoms with Gasteiger partial charge in [-0.15, -0.1) is 0 Å². The Balaban J connectivity index is 2.25. The van der Waals surface area contributed by atoms with Crippen molar-refractivity contribution in [3.8, 4) is 0 Å². The van der Waals surface area contributed by atoms with Gasteiger partial charge in [0.05, 0.1) is 16.9 Å². The van der Waals surface area contributed by atoms with Crippen LogP contribution in [0.1, 0.15) is 20.7 Å². The molecule has 2 rings (SSSR count). The first-order valence-electron chi connectivity index (χ1n) is 4.61. The second-order valence-corrected chi connectivity index (χ2v) is 5.32. The van der Waals surface area contributed by atoms with Gasteiger partial charge in [-0.1, -0.05) is 12.1 Å². The molecular formula is C10H8ClNO3S. The smallest absolute Gasteiger partial charge is 0.261 e. The van der Waals surface area contributed by atoms with Crippen molar-refractivity contribution in [2.24, 2.45) is 0 Å². The molecule has 1 atom stereocenters. The van der Waals surface area contributed by atoms with Crippen molar-refractivity contribution in [1.82, 2.24) is 4.90 Å². The minimum Gasteiger partial charge on any atom is -0.273 e. The topological polar surface area (TPSA) is 54.5 Å². The summed E-state index contributed by atoms with van der Waals surface area (Å²) < 4.78 is 10.7. The number of benzene rings is 1. The molecule has 0 fully saturated rings. The molecule has 0 bridgehead atoms. The van der Waals surface area contributed by atoms with Gasteiger partial charge in [0.25, 0.3) is 11.8 Å². The zero-order valence-electron chi connectivity index (χ0n) is 8.18. The van der Waals surface area contributed by atoms with Gasteiger partial charge in [0.2, 0.25) is 0 Å². The lowest BCUT2D eigenvalue weighted by molar-refractivity contribution is 0.0664. The molecule has 1 aliphatic heterocycles. The van der Waals surface area contributed by atoms with Gasteiger partial charge in [-0.25, -0.2) is 4.21 Å². The number of hydrogen-bond acceptors (Lipinski definition) is 3. The van der Waals surface area contributed by atoms with Crippen LogP contribution in [0.15, 0.2) is 24.3 Å². The first-order chi connectivity index (χ1) is 7.61. The Morgan fingerprint density at radius 3 is 2.06 bits per heavy atom. The summed E-state index contributed by atoms with van der Waals surface area (Å²) in [5, 5.41) is 0. The number of carbonyl (C=O) groups is 2. The number of amides is 2. The van der Waals surface area contributed by atoms with Crippen molar-refractivity contribution in [3.05, 3.63) is 35.4 Å². The number of carbonyl (C=O) groups excluding carboxylic acids is 2. The molecule has 0 radical (unpaired) electrons. The average molecular weight is 258 g/mol. The molecule has 4 nitrogen and oxygen atoms in total. The van der Waals surface area contributed by atoms with Gasteiger partial charge in [-0.3, -0.25) is 14.5 Å². The molecule has 1 heterocycles. The zero-order valence-corrected chi connectivity index (χ0v) is 9.75. The maximum Gasteiger partial charge on any atom is 0.261 e. The SMILES string of the molecule is O=C1c2ccccc2C(=O)N1CCS(=O)Cl. The van der Waals surface area contributed by atoms with Crippen molar-refractivity contribution >= 4 is 32.5 Å². The molecule has 2 amide bonds.